The van der Waals surface area contributed by atoms with Crippen molar-refractivity contribution in [2.24, 2.45) is 0 Å². The first kappa shape index (κ1) is 17.0. The van der Waals surface area contributed by atoms with Crippen LogP contribution in [-0.4, -0.2) is 27.3 Å². The summed E-state index contributed by atoms with van der Waals surface area (Å²) in [5.74, 6) is 0.320. The Morgan fingerprint density at radius 2 is 1.87 bits per heavy atom. The van der Waals surface area contributed by atoms with Crippen LogP contribution < -0.4 is 0 Å². The van der Waals surface area contributed by atoms with Crippen molar-refractivity contribution in [3.05, 3.63) is 50.6 Å². The number of hydrogen-bond acceptors (Lipinski definition) is 4. The number of aliphatic hydroxyl groups excluding tert-OH is 1. The molecule has 1 saturated carbocycles. The molecule has 1 fully saturated rings. The summed E-state index contributed by atoms with van der Waals surface area (Å²) < 4.78 is 1.16. The van der Waals surface area contributed by atoms with E-state index in [9.17, 15) is 10.2 Å². The summed E-state index contributed by atoms with van der Waals surface area (Å²) in [5.41, 5.74) is 1.13. The third kappa shape index (κ3) is 4.80. The summed E-state index contributed by atoms with van der Waals surface area (Å²) in [6.45, 7) is 1.73. The number of thiophene rings is 1. The molecule has 0 spiro atoms. The van der Waals surface area contributed by atoms with Crippen molar-refractivity contribution in [1.82, 2.24) is 4.90 Å². The van der Waals surface area contributed by atoms with Crippen LogP contribution in [0.4, 0.5) is 0 Å². The third-order valence-corrected chi connectivity index (χ3v) is 6.08. The molecular formula is C18H22BrNO2S. The van der Waals surface area contributed by atoms with Gasteiger partial charge in [0, 0.05) is 24.0 Å². The summed E-state index contributed by atoms with van der Waals surface area (Å²) >= 11 is 5.31. The Kier molecular flexibility index (Phi) is 5.75. The number of phenolic OH excluding ortho intramolecular Hbond substituents is 1. The van der Waals surface area contributed by atoms with Crippen molar-refractivity contribution in [2.75, 3.05) is 0 Å². The highest BCUT2D eigenvalue weighted by Crippen LogP contribution is 2.29. The lowest BCUT2D eigenvalue weighted by Gasteiger charge is -2.35. The monoisotopic (exact) mass is 395 g/mol. The van der Waals surface area contributed by atoms with E-state index in [4.69, 9.17) is 0 Å². The predicted molar refractivity (Wildman–Crippen MR) is 97.6 cm³/mol. The molecule has 1 heterocycles. The zero-order valence-electron chi connectivity index (χ0n) is 13.0. The van der Waals surface area contributed by atoms with Crippen LogP contribution in [0.3, 0.4) is 0 Å². The van der Waals surface area contributed by atoms with Gasteiger partial charge in [-0.2, -0.15) is 0 Å². The van der Waals surface area contributed by atoms with Crippen molar-refractivity contribution in [3.8, 4) is 5.75 Å². The number of benzene rings is 1. The molecule has 3 rings (SSSR count). The molecule has 1 aliphatic carbocycles. The largest absolute Gasteiger partial charge is 0.508 e. The number of aromatic hydroxyl groups is 1. The minimum atomic E-state index is -0.134. The van der Waals surface area contributed by atoms with E-state index in [0.29, 0.717) is 11.8 Å². The van der Waals surface area contributed by atoms with Crippen LogP contribution in [0.15, 0.2) is 40.2 Å². The average Bonchev–Trinajstić information content (AvgIpc) is 2.93. The van der Waals surface area contributed by atoms with Gasteiger partial charge in [-0.15, -0.1) is 11.3 Å². The Bertz CT molecular complexity index is 637. The second kappa shape index (κ2) is 7.79. The molecule has 124 valence electrons. The molecule has 0 atom stereocenters. The van der Waals surface area contributed by atoms with Crippen LogP contribution in [0, 0.1) is 0 Å². The number of phenols is 1. The molecule has 1 aromatic heterocycles. The van der Waals surface area contributed by atoms with E-state index in [1.54, 1.807) is 17.4 Å². The Morgan fingerprint density at radius 3 is 2.52 bits per heavy atom. The highest BCUT2D eigenvalue weighted by Gasteiger charge is 2.25. The normalized spacial score (nSPS) is 21.7. The molecule has 0 bridgehead atoms. The van der Waals surface area contributed by atoms with Crippen LogP contribution >= 0.6 is 27.3 Å². The summed E-state index contributed by atoms with van der Waals surface area (Å²) in [4.78, 5) is 3.82. The first-order chi connectivity index (χ1) is 11.1. The Labute approximate surface area is 149 Å². The maximum Gasteiger partial charge on any atom is 0.115 e. The number of rotatable bonds is 5. The lowest BCUT2D eigenvalue weighted by atomic mass is 9.91. The standard InChI is InChI=1S/C18H22BrNO2S/c19-18-9-8-17(23-18)12-20(14-4-6-15(21)7-5-14)11-13-2-1-3-16(22)10-13/h1-3,8-10,14-15,21-22H,4-7,11-12H2. The quantitative estimate of drug-likeness (QED) is 0.781. The van der Waals surface area contributed by atoms with Gasteiger partial charge in [0.15, 0.2) is 0 Å². The molecule has 1 aliphatic rings. The SMILES string of the molecule is Oc1cccc(CN(Cc2ccc(Br)s2)C2CCC(O)CC2)c1. The van der Waals surface area contributed by atoms with Crippen molar-refractivity contribution < 1.29 is 10.2 Å². The maximum atomic E-state index is 9.77. The van der Waals surface area contributed by atoms with Crippen molar-refractivity contribution >= 4 is 27.3 Å². The van der Waals surface area contributed by atoms with E-state index < -0.39 is 0 Å². The molecule has 0 saturated heterocycles. The van der Waals surface area contributed by atoms with Gasteiger partial charge in [0.2, 0.25) is 0 Å². The molecule has 23 heavy (non-hydrogen) atoms. The zero-order chi connectivity index (χ0) is 16.2. The predicted octanol–water partition coefficient (Wildman–Crippen LogP) is 4.52. The summed E-state index contributed by atoms with van der Waals surface area (Å²) in [6.07, 6.45) is 3.70. The van der Waals surface area contributed by atoms with Gasteiger partial charge in [0.25, 0.3) is 0 Å². The van der Waals surface area contributed by atoms with Gasteiger partial charge in [-0.1, -0.05) is 12.1 Å². The van der Waals surface area contributed by atoms with Crippen molar-refractivity contribution in [3.63, 3.8) is 0 Å². The van der Waals surface area contributed by atoms with Gasteiger partial charge in [0.05, 0.1) is 9.89 Å². The molecule has 5 heteroatoms. The first-order valence-corrected chi connectivity index (χ1v) is 9.65. The molecule has 0 unspecified atom stereocenters. The highest BCUT2D eigenvalue weighted by atomic mass is 79.9. The van der Waals surface area contributed by atoms with Gasteiger partial charge in [-0.05, 0) is 71.4 Å². The van der Waals surface area contributed by atoms with Gasteiger partial charge >= 0.3 is 0 Å². The summed E-state index contributed by atoms with van der Waals surface area (Å²) in [6, 6.07) is 12.3. The minimum absolute atomic E-state index is 0.134. The first-order valence-electron chi connectivity index (χ1n) is 8.04. The lowest BCUT2D eigenvalue weighted by Crippen LogP contribution is -2.38. The fraction of sp³-hybridized carbons (Fsp3) is 0.444. The van der Waals surface area contributed by atoms with Gasteiger partial charge in [-0.3, -0.25) is 4.90 Å². The Morgan fingerprint density at radius 1 is 1.09 bits per heavy atom. The van der Waals surface area contributed by atoms with Crippen LogP contribution in [0.1, 0.15) is 36.1 Å². The summed E-state index contributed by atoms with van der Waals surface area (Å²) in [7, 11) is 0. The van der Waals surface area contributed by atoms with Crippen LogP contribution in [0.2, 0.25) is 0 Å². The topological polar surface area (TPSA) is 43.7 Å². The number of nitrogens with zero attached hydrogens (tertiary/aromatic N) is 1. The van der Waals surface area contributed by atoms with E-state index in [1.165, 1.54) is 4.88 Å². The molecule has 0 radical (unpaired) electrons. The van der Waals surface area contributed by atoms with E-state index in [2.05, 4.69) is 39.0 Å². The van der Waals surface area contributed by atoms with Crippen LogP contribution in [0.25, 0.3) is 0 Å². The number of halogens is 1. The van der Waals surface area contributed by atoms with Gasteiger partial charge in [0.1, 0.15) is 5.75 Å². The molecule has 3 nitrogen and oxygen atoms in total. The third-order valence-electron chi connectivity index (χ3n) is 4.47. The van der Waals surface area contributed by atoms with Gasteiger partial charge < -0.3 is 10.2 Å². The molecule has 1 aromatic carbocycles. The molecule has 2 aromatic rings. The van der Waals surface area contributed by atoms with E-state index >= 15 is 0 Å². The summed E-state index contributed by atoms with van der Waals surface area (Å²) in [5, 5.41) is 19.5. The van der Waals surface area contributed by atoms with Crippen LogP contribution in [-0.2, 0) is 13.1 Å². The molecule has 0 amide bonds. The average molecular weight is 396 g/mol. The number of aliphatic hydroxyl groups is 1. The van der Waals surface area contributed by atoms with Crippen molar-refractivity contribution in [2.45, 2.75) is 50.9 Å². The minimum Gasteiger partial charge on any atom is -0.508 e. The fourth-order valence-electron chi connectivity index (χ4n) is 3.26. The lowest BCUT2D eigenvalue weighted by molar-refractivity contribution is 0.0670. The smallest absolute Gasteiger partial charge is 0.115 e. The molecule has 0 aliphatic heterocycles. The number of hydrogen-bond donors (Lipinski definition) is 2. The van der Waals surface area contributed by atoms with Crippen LogP contribution in [0.5, 0.6) is 5.75 Å². The maximum absolute atomic E-state index is 9.77. The molecule has 2 N–H and O–H groups in total. The van der Waals surface area contributed by atoms with Crippen molar-refractivity contribution in [1.29, 1.82) is 0 Å². The Balaban J connectivity index is 1.74. The highest BCUT2D eigenvalue weighted by molar-refractivity contribution is 9.11. The molecular weight excluding hydrogens is 374 g/mol. The fourth-order valence-corrected chi connectivity index (χ4v) is 4.77. The Hall–Kier alpha value is -0.880. The van der Waals surface area contributed by atoms with E-state index in [-0.39, 0.29) is 6.10 Å². The second-order valence-electron chi connectivity index (χ2n) is 6.24. The van der Waals surface area contributed by atoms with E-state index in [0.717, 1.165) is 48.1 Å². The van der Waals surface area contributed by atoms with Gasteiger partial charge in [-0.25, -0.2) is 0 Å². The van der Waals surface area contributed by atoms with E-state index in [1.807, 2.05) is 12.1 Å². The zero-order valence-corrected chi connectivity index (χ0v) is 15.4. The second-order valence-corrected chi connectivity index (χ2v) is 8.79.